The summed E-state index contributed by atoms with van der Waals surface area (Å²) in [5, 5.41) is 44.8. The van der Waals surface area contributed by atoms with Gasteiger partial charge in [-0.25, -0.2) is 0 Å². The maximum absolute atomic E-state index is 12.0. The Labute approximate surface area is 207 Å². The lowest BCUT2D eigenvalue weighted by Gasteiger charge is -2.64. The zero-order valence-electron chi connectivity index (χ0n) is 22.8. The van der Waals surface area contributed by atoms with E-state index in [-0.39, 0.29) is 63.1 Å². The highest BCUT2D eigenvalue weighted by atomic mass is 16.3. The van der Waals surface area contributed by atoms with Crippen LogP contribution < -0.4 is 0 Å². The van der Waals surface area contributed by atoms with Crippen molar-refractivity contribution in [2.24, 2.45) is 56.7 Å². The highest BCUT2D eigenvalue weighted by Crippen LogP contribution is 2.89. The zero-order valence-corrected chi connectivity index (χ0v) is 22.8. The van der Waals surface area contributed by atoms with Crippen LogP contribution >= 0.6 is 0 Å². The number of fused-ring (bicyclic) bond motifs is 2. The SMILES string of the molecule is CC(C)[C@@H](O)CC[C@@H](C)[C@H]1[C@@H](O)C[C@@]2(C)[C@@H]3CC[C@H]4C(C)(C)[C@@H](O)CC[C@@]45C[C@@]35C[C@H](O)[C@]12C. The molecule has 4 N–H and O–H groups in total. The first-order valence-corrected chi connectivity index (χ1v) is 14.4. The Morgan fingerprint density at radius 2 is 1.44 bits per heavy atom. The van der Waals surface area contributed by atoms with Crippen molar-refractivity contribution in [2.75, 3.05) is 0 Å². The second-order valence-electron chi connectivity index (χ2n) is 15.1. The molecular formula is C30H52O4. The highest BCUT2D eigenvalue weighted by molar-refractivity contribution is 5.32. The molecule has 0 aromatic rings. The van der Waals surface area contributed by atoms with Crippen LogP contribution in [-0.4, -0.2) is 44.8 Å². The van der Waals surface area contributed by atoms with E-state index in [0.717, 1.165) is 38.5 Å². The van der Waals surface area contributed by atoms with Crippen molar-refractivity contribution in [1.82, 2.24) is 0 Å². The van der Waals surface area contributed by atoms with Crippen LogP contribution in [0.15, 0.2) is 0 Å². The van der Waals surface area contributed by atoms with Crippen molar-refractivity contribution in [3.63, 3.8) is 0 Å². The van der Waals surface area contributed by atoms with Gasteiger partial charge in [0.1, 0.15) is 0 Å². The third kappa shape index (κ3) is 2.92. The van der Waals surface area contributed by atoms with E-state index in [2.05, 4.69) is 48.5 Å². The van der Waals surface area contributed by atoms with Gasteiger partial charge in [-0.05, 0) is 109 Å². The van der Waals surface area contributed by atoms with Crippen LogP contribution in [0.1, 0.15) is 106 Å². The first-order chi connectivity index (χ1) is 15.7. The van der Waals surface area contributed by atoms with Crippen LogP contribution in [0.25, 0.3) is 0 Å². The third-order valence-corrected chi connectivity index (χ3v) is 13.5. The number of hydrogen-bond acceptors (Lipinski definition) is 4. The van der Waals surface area contributed by atoms with Gasteiger partial charge in [0.25, 0.3) is 0 Å². The average molecular weight is 477 g/mol. The van der Waals surface area contributed by atoms with Crippen molar-refractivity contribution < 1.29 is 20.4 Å². The Kier molecular flexibility index (Phi) is 5.76. The minimum atomic E-state index is -0.401. The molecule has 4 heteroatoms. The van der Waals surface area contributed by atoms with E-state index in [1.807, 2.05) is 0 Å². The largest absolute Gasteiger partial charge is 0.393 e. The summed E-state index contributed by atoms with van der Waals surface area (Å²) in [6.45, 7) is 15.7. The molecule has 5 fully saturated rings. The van der Waals surface area contributed by atoms with Crippen LogP contribution in [0.5, 0.6) is 0 Å². The van der Waals surface area contributed by atoms with Gasteiger partial charge in [0, 0.05) is 5.41 Å². The van der Waals surface area contributed by atoms with Gasteiger partial charge in [-0.1, -0.05) is 48.5 Å². The molecule has 0 unspecified atom stereocenters. The number of hydrogen-bond donors (Lipinski definition) is 4. The quantitative estimate of drug-likeness (QED) is 0.442. The van der Waals surface area contributed by atoms with Crippen LogP contribution in [0, 0.1) is 56.7 Å². The lowest BCUT2D eigenvalue weighted by atomic mass is 9.41. The van der Waals surface area contributed by atoms with E-state index >= 15 is 0 Å². The normalized spacial score (nSPS) is 55.1. The summed E-state index contributed by atoms with van der Waals surface area (Å²) < 4.78 is 0. The highest BCUT2D eigenvalue weighted by Gasteiger charge is 2.84. The molecular weight excluding hydrogens is 424 g/mol. The van der Waals surface area contributed by atoms with Gasteiger partial charge in [-0.2, -0.15) is 0 Å². The summed E-state index contributed by atoms with van der Waals surface area (Å²) in [7, 11) is 0. The molecule has 0 aliphatic heterocycles. The molecule has 5 aliphatic rings. The first kappa shape index (κ1) is 25.5. The first-order valence-electron chi connectivity index (χ1n) is 14.4. The summed E-state index contributed by atoms with van der Waals surface area (Å²) in [5.41, 5.74) is 0.0364. The van der Waals surface area contributed by atoms with Crippen LogP contribution in [0.4, 0.5) is 0 Å². The lowest BCUT2D eigenvalue weighted by molar-refractivity contribution is -0.205. The molecule has 0 bridgehead atoms. The minimum Gasteiger partial charge on any atom is -0.393 e. The second kappa shape index (κ2) is 7.68. The molecule has 0 aromatic heterocycles. The smallest absolute Gasteiger partial charge is 0.0608 e. The molecule has 5 saturated carbocycles. The van der Waals surface area contributed by atoms with Gasteiger partial charge in [-0.15, -0.1) is 0 Å². The molecule has 0 radical (unpaired) electrons. The van der Waals surface area contributed by atoms with Gasteiger partial charge >= 0.3 is 0 Å². The molecule has 12 atom stereocenters. The second-order valence-corrected chi connectivity index (χ2v) is 15.1. The van der Waals surface area contributed by atoms with Crippen molar-refractivity contribution in [3.8, 4) is 0 Å². The predicted molar refractivity (Wildman–Crippen MR) is 135 cm³/mol. The van der Waals surface area contributed by atoms with E-state index in [9.17, 15) is 20.4 Å². The van der Waals surface area contributed by atoms with E-state index in [4.69, 9.17) is 0 Å². The molecule has 2 spiro atoms. The van der Waals surface area contributed by atoms with E-state index in [1.54, 1.807) is 0 Å². The Morgan fingerprint density at radius 1 is 0.794 bits per heavy atom. The summed E-state index contributed by atoms with van der Waals surface area (Å²) in [4.78, 5) is 0. The molecule has 4 nitrogen and oxygen atoms in total. The fourth-order valence-electron chi connectivity index (χ4n) is 11.4. The minimum absolute atomic E-state index is 0.0528. The van der Waals surface area contributed by atoms with Crippen LogP contribution in [0.3, 0.4) is 0 Å². The van der Waals surface area contributed by atoms with E-state index in [1.165, 1.54) is 19.3 Å². The fraction of sp³-hybridized carbons (Fsp3) is 1.00. The lowest BCUT2D eigenvalue weighted by Crippen LogP contribution is -2.62. The number of rotatable bonds is 5. The third-order valence-electron chi connectivity index (χ3n) is 13.5. The fourth-order valence-corrected chi connectivity index (χ4v) is 11.4. The van der Waals surface area contributed by atoms with E-state index in [0.29, 0.717) is 11.8 Å². The Morgan fingerprint density at radius 3 is 2.09 bits per heavy atom. The Bertz CT molecular complexity index is 810. The average Bonchev–Trinajstić information content (AvgIpc) is 3.34. The number of aliphatic hydroxyl groups excluding tert-OH is 4. The number of aliphatic hydroxyl groups is 4. The van der Waals surface area contributed by atoms with Crippen LogP contribution in [-0.2, 0) is 0 Å². The van der Waals surface area contributed by atoms with Crippen LogP contribution in [0.2, 0.25) is 0 Å². The molecule has 0 saturated heterocycles. The van der Waals surface area contributed by atoms with Crippen molar-refractivity contribution in [1.29, 1.82) is 0 Å². The molecule has 5 aliphatic carbocycles. The Balaban J connectivity index is 1.46. The molecule has 196 valence electrons. The molecule has 34 heavy (non-hydrogen) atoms. The summed E-state index contributed by atoms with van der Waals surface area (Å²) in [5.74, 6) is 1.68. The standard InChI is InChI=1S/C30H52O4/c1-17(2)19(31)9-8-18(3)25-20(32)14-27(6)22-11-10-21-26(4,5)23(33)12-13-29(21)16-30(22,29)15-24(34)28(25,27)7/h17-25,31-34H,8-16H2,1-7H3/t18-,19+,20+,21+,22+,23+,24+,25+,27+,28-,29-,30+/m1/s1. The summed E-state index contributed by atoms with van der Waals surface area (Å²) in [6, 6.07) is 0. The Hall–Kier alpha value is -0.160. The van der Waals surface area contributed by atoms with E-state index < -0.39 is 6.10 Å². The predicted octanol–water partition coefficient (Wildman–Crippen LogP) is 5.16. The summed E-state index contributed by atoms with van der Waals surface area (Å²) >= 11 is 0. The summed E-state index contributed by atoms with van der Waals surface area (Å²) in [6.07, 6.45) is 7.58. The van der Waals surface area contributed by atoms with Gasteiger partial charge < -0.3 is 20.4 Å². The molecule has 0 aromatic carbocycles. The zero-order chi connectivity index (χ0) is 25.1. The molecule has 5 rings (SSSR count). The van der Waals surface area contributed by atoms with Gasteiger partial charge in [0.05, 0.1) is 24.4 Å². The maximum Gasteiger partial charge on any atom is 0.0608 e. The topological polar surface area (TPSA) is 80.9 Å². The monoisotopic (exact) mass is 476 g/mol. The van der Waals surface area contributed by atoms with Crippen molar-refractivity contribution in [2.45, 2.75) is 131 Å². The molecule has 0 amide bonds. The van der Waals surface area contributed by atoms with Gasteiger partial charge in [0.2, 0.25) is 0 Å². The molecule has 0 heterocycles. The maximum atomic E-state index is 12.0. The van der Waals surface area contributed by atoms with Crippen molar-refractivity contribution in [3.05, 3.63) is 0 Å². The van der Waals surface area contributed by atoms with Gasteiger partial charge in [-0.3, -0.25) is 0 Å². The van der Waals surface area contributed by atoms with Crippen molar-refractivity contribution >= 4 is 0 Å². The van der Waals surface area contributed by atoms with Gasteiger partial charge in [0.15, 0.2) is 0 Å².